The molecule has 102 valence electrons. The Kier molecular flexibility index (Phi) is 3.56. The summed E-state index contributed by atoms with van der Waals surface area (Å²) >= 11 is 0. The second kappa shape index (κ2) is 5.33. The molecule has 0 aliphatic carbocycles. The van der Waals surface area contributed by atoms with E-state index in [1.54, 1.807) is 4.90 Å². The van der Waals surface area contributed by atoms with Gasteiger partial charge in [-0.1, -0.05) is 30.3 Å². The van der Waals surface area contributed by atoms with Crippen LogP contribution in [-0.4, -0.2) is 25.2 Å². The minimum Gasteiger partial charge on any atom is -0.466 e. The largest absolute Gasteiger partial charge is 0.466 e. The molecule has 1 N–H and O–H groups in total. The van der Waals surface area contributed by atoms with Crippen molar-refractivity contribution in [2.45, 2.75) is 38.3 Å². The zero-order valence-corrected chi connectivity index (χ0v) is 11.5. The van der Waals surface area contributed by atoms with Gasteiger partial charge in [0.1, 0.15) is 18.0 Å². The standard InChI is InChI=1S/C16H21NO2/c1-2-19-16(18)13-11-15(12-7-4-3-5-8-12)17-10-6-9-14(13)17/h3-5,7-8,13-15H,2,6,9-11H2,1H3/p+1/t13-,14-,15-/m1/s1. The van der Waals surface area contributed by atoms with Crippen molar-refractivity contribution in [1.29, 1.82) is 0 Å². The zero-order chi connectivity index (χ0) is 13.2. The molecule has 1 aromatic carbocycles. The monoisotopic (exact) mass is 260 g/mol. The molecular weight excluding hydrogens is 238 g/mol. The van der Waals surface area contributed by atoms with Crippen molar-refractivity contribution in [3.63, 3.8) is 0 Å². The van der Waals surface area contributed by atoms with Gasteiger partial charge in [0.25, 0.3) is 0 Å². The van der Waals surface area contributed by atoms with Crippen LogP contribution in [0.25, 0.3) is 0 Å². The first-order valence-corrected chi connectivity index (χ1v) is 7.38. The first-order valence-electron chi connectivity index (χ1n) is 7.38. The van der Waals surface area contributed by atoms with Gasteiger partial charge in [-0.2, -0.15) is 0 Å². The SMILES string of the molecule is CCOC(=O)[C@@H]1C[C@H](c2ccccc2)[NH+]2CCC[C@H]12. The molecule has 2 aliphatic rings. The van der Waals surface area contributed by atoms with Crippen LogP contribution < -0.4 is 4.90 Å². The highest BCUT2D eigenvalue weighted by molar-refractivity contribution is 5.73. The van der Waals surface area contributed by atoms with Gasteiger partial charge in [0.05, 0.1) is 13.2 Å². The Hall–Kier alpha value is -1.35. The topological polar surface area (TPSA) is 30.7 Å². The Morgan fingerprint density at radius 2 is 2.16 bits per heavy atom. The lowest BCUT2D eigenvalue weighted by Gasteiger charge is -2.21. The third-order valence-corrected chi connectivity index (χ3v) is 4.67. The predicted molar refractivity (Wildman–Crippen MR) is 72.8 cm³/mol. The summed E-state index contributed by atoms with van der Waals surface area (Å²) in [5.41, 5.74) is 1.37. The third-order valence-electron chi connectivity index (χ3n) is 4.67. The lowest BCUT2D eigenvalue weighted by atomic mass is 9.94. The summed E-state index contributed by atoms with van der Waals surface area (Å²) in [6, 6.07) is 11.6. The first kappa shape index (κ1) is 12.7. The third kappa shape index (κ3) is 2.27. The number of ether oxygens (including phenoxy) is 1. The number of hydrogen-bond donors (Lipinski definition) is 1. The van der Waals surface area contributed by atoms with Crippen LogP contribution in [0.15, 0.2) is 30.3 Å². The van der Waals surface area contributed by atoms with Gasteiger partial charge in [0, 0.05) is 24.8 Å². The van der Waals surface area contributed by atoms with Crippen LogP contribution in [0.3, 0.4) is 0 Å². The number of rotatable bonds is 3. The summed E-state index contributed by atoms with van der Waals surface area (Å²) in [7, 11) is 0. The van der Waals surface area contributed by atoms with E-state index in [1.807, 2.05) is 6.92 Å². The molecule has 0 radical (unpaired) electrons. The smallest absolute Gasteiger partial charge is 0.315 e. The van der Waals surface area contributed by atoms with Crippen molar-refractivity contribution < 1.29 is 14.4 Å². The van der Waals surface area contributed by atoms with Gasteiger partial charge in [-0.3, -0.25) is 4.79 Å². The number of quaternary nitrogens is 1. The van der Waals surface area contributed by atoms with Gasteiger partial charge in [0.2, 0.25) is 0 Å². The second-order valence-corrected chi connectivity index (χ2v) is 5.63. The van der Waals surface area contributed by atoms with Crippen molar-refractivity contribution in [3.05, 3.63) is 35.9 Å². The maximum absolute atomic E-state index is 12.1. The number of fused-ring (bicyclic) bond motifs is 1. The molecule has 0 bridgehead atoms. The lowest BCUT2D eigenvalue weighted by Crippen LogP contribution is -3.12. The highest BCUT2D eigenvalue weighted by Gasteiger charge is 2.51. The number of hydrogen-bond acceptors (Lipinski definition) is 2. The Morgan fingerprint density at radius 3 is 2.89 bits per heavy atom. The molecule has 1 aromatic rings. The molecule has 3 rings (SSSR count). The van der Waals surface area contributed by atoms with Gasteiger partial charge in [-0.15, -0.1) is 0 Å². The molecular formula is C16H22NO2+. The molecule has 3 nitrogen and oxygen atoms in total. The fraction of sp³-hybridized carbons (Fsp3) is 0.562. The summed E-state index contributed by atoms with van der Waals surface area (Å²) in [5, 5.41) is 0. The summed E-state index contributed by atoms with van der Waals surface area (Å²) in [6.07, 6.45) is 3.35. The van der Waals surface area contributed by atoms with Gasteiger partial charge in [-0.05, 0) is 6.92 Å². The molecule has 2 heterocycles. The molecule has 19 heavy (non-hydrogen) atoms. The number of carbonyl (C=O) groups excluding carboxylic acids is 1. The van der Waals surface area contributed by atoms with E-state index in [9.17, 15) is 4.79 Å². The van der Waals surface area contributed by atoms with Crippen molar-refractivity contribution in [2.75, 3.05) is 13.2 Å². The van der Waals surface area contributed by atoms with Crippen LogP contribution in [0.4, 0.5) is 0 Å². The highest BCUT2D eigenvalue weighted by Crippen LogP contribution is 2.32. The molecule has 0 saturated carbocycles. The van der Waals surface area contributed by atoms with Crippen LogP contribution in [0.1, 0.15) is 37.8 Å². The quantitative estimate of drug-likeness (QED) is 0.832. The first-order chi connectivity index (χ1) is 9.31. The number of carbonyl (C=O) groups is 1. The molecule has 2 aliphatic heterocycles. The molecule has 2 saturated heterocycles. The number of nitrogens with one attached hydrogen (secondary N) is 1. The van der Waals surface area contributed by atoms with Crippen molar-refractivity contribution in [2.24, 2.45) is 5.92 Å². The van der Waals surface area contributed by atoms with Gasteiger partial charge in [0.15, 0.2) is 0 Å². The van der Waals surface area contributed by atoms with Crippen LogP contribution in [0.5, 0.6) is 0 Å². The van der Waals surface area contributed by atoms with E-state index in [1.165, 1.54) is 24.9 Å². The van der Waals surface area contributed by atoms with Gasteiger partial charge >= 0.3 is 5.97 Å². The van der Waals surface area contributed by atoms with E-state index >= 15 is 0 Å². The Balaban J connectivity index is 1.82. The Labute approximate surface area is 114 Å². The summed E-state index contributed by atoms with van der Waals surface area (Å²) in [4.78, 5) is 13.7. The summed E-state index contributed by atoms with van der Waals surface area (Å²) in [5.74, 6) is 0.119. The van der Waals surface area contributed by atoms with E-state index in [4.69, 9.17) is 4.74 Å². The minimum atomic E-state index is 0.0188. The van der Waals surface area contributed by atoms with Crippen molar-refractivity contribution in [3.8, 4) is 0 Å². The molecule has 0 amide bonds. The Morgan fingerprint density at radius 1 is 1.37 bits per heavy atom. The summed E-state index contributed by atoms with van der Waals surface area (Å²) in [6.45, 7) is 3.58. The summed E-state index contributed by atoms with van der Waals surface area (Å²) < 4.78 is 5.27. The second-order valence-electron chi connectivity index (χ2n) is 5.63. The van der Waals surface area contributed by atoms with Crippen molar-refractivity contribution >= 4 is 5.97 Å². The van der Waals surface area contributed by atoms with E-state index in [-0.39, 0.29) is 11.9 Å². The molecule has 2 fully saturated rings. The van der Waals surface area contributed by atoms with E-state index in [2.05, 4.69) is 30.3 Å². The normalized spacial score (nSPS) is 33.1. The molecule has 3 heteroatoms. The average molecular weight is 260 g/mol. The van der Waals surface area contributed by atoms with Gasteiger partial charge in [-0.25, -0.2) is 0 Å². The van der Waals surface area contributed by atoms with Crippen LogP contribution in [-0.2, 0) is 9.53 Å². The van der Waals surface area contributed by atoms with Crippen LogP contribution in [0.2, 0.25) is 0 Å². The highest BCUT2D eigenvalue weighted by atomic mass is 16.5. The van der Waals surface area contributed by atoms with E-state index in [0.717, 1.165) is 6.42 Å². The van der Waals surface area contributed by atoms with Gasteiger partial charge < -0.3 is 9.64 Å². The minimum absolute atomic E-state index is 0.0188. The fourth-order valence-electron chi connectivity index (χ4n) is 3.90. The zero-order valence-electron chi connectivity index (χ0n) is 11.5. The lowest BCUT2D eigenvalue weighted by molar-refractivity contribution is -0.930. The maximum atomic E-state index is 12.1. The number of benzene rings is 1. The molecule has 4 atom stereocenters. The average Bonchev–Trinajstić information content (AvgIpc) is 3.01. The number of esters is 1. The predicted octanol–water partition coefficient (Wildman–Crippen LogP) is 1.36. The van der Waals surface area contributed by atoms with Crippen molar-refractivity contribution in [1.82, 2.24) is 0 Å². The maximum Gasteiger partial charge on any atom is 0.315 e. The fourth-order valence-corrected chi connectivity index (χ4v) is 3.90. The molecule has 0 spiro atoms. The van der Waals surface area contributed by atoms with Crippen LogP contribution in [0, 0.1) is 5.92 Å². The van der Waals surface area contributed by atoms with E-state index < -0.39 is 0 Å². The van der Waals surface area contributed by atoms with Crippen LogP contribution >= 0.6 is 0 Å². The Bertz CT molecular complexity index is 445. The molecule has 0 aromatic heterocycles. The molecule has 1 unspecified atom stereocenters. The van der Waals surface area contributed by atoms with E-state index in [0.29, 0.717) is 18.7 Å².